The SMILES string of the molecule is CCNC(=NCc1ccc(O)c(OCC)c1)NCC(C(C)C)N1CCOCC1.I. The van der Waals surface area contributed by atoms with E-state index in [0.29, 0.717) is 30.9 Å². The van der Waals surface area contributed by atoms with E-state index in [1.54, 1.807) is 6.07 Å². The van der Waals surface area contributed by atoms with Crippen molar-refractivity contribution in [3.63, 3.8) is 0 Å². The summed E-state index contributed by atoms with van der Waals surface area (Å²) < 4.78 is 10.9. The third-order valence-corrected chi connectivity index (χ3v) is 4.85. The molecule has 0 saturated carbocycles. The number of morpholine rings is 1. The van der Waals surface area contributed by atoms with Crippen LogP contribution in [0.5, 0.6) is 11.5 Å². The molecule has 0 radical (unpaired) electrons. The summed E-state index contributed by atoms with van der Waals surface area (Å²) in [6.07, 6.45) is 0. The summed E-state index contributed by atoms with van der Waals surface area (Å²) in [6, 6.07) is 5.81. The lowest BCUT2D eigenvalue weighted by Crippen LogP contribution is -2.52. The number of guanidine groups is 1. The minimum Gasteiger partial charge on any atom is -0.504 e. The number of phenolic OH excluding ortho intramolecular Hbond substituents is 1. The van der Waals surface area contributed by atoms with Crippen LogP contribution in [-0.2, 0) is 11.3 Å². The van der Waals surface area contributed by atoms with Gasteiger partial charge in [0.1, 0.15) is 0 Å². The van der Waals surface area contributed by atoms with Crippen LogP contribution in [0.3, 0.4) is 0 Å². The molecule has 2 rings (SSSR count). The summed E-state index contributed by atoms with van der Waals surface area (Å²) in [7, 11) is 0. The molecule has 1 atom stereocenters. The van der Waals surface area contributed by atoms with E-state index in [4.69, 9.17) is 14.5 Å². The van der Waals surface area contributed by atoms with E-state index >= 15 is 0 Å². The molecule has 1 unspecified atom stereocenters. The van der Waals surface area contributed by atoms with Crippen molar-refractivity contribution < 1.29 is 14.6 Å². The number of rotatable bonds is 9. The molecule has 1 heterocycles. The van der Waals surface area contributed by atoms with Crippen molar-refractivity contribution in [2.24, 2.45) is 10.9 Å². The Balaban J connectivity index is 0.00000420. The predicted molar refractivity (Wildman–Crippen MR) is 129 cm³/mol. The molecule has 1 aliphatic rings. The molecule has 166 valence electrons. The number of aromatic hydroxyl groups is 1. The Morgan fingerprint density at radius 1 is 1.24 bits per heavy atom. The fraction of sp³-hybridized carbons (Fsp3) is 0.667. The second-order valence-corrected chi connectivity index (χ2v) is 7.27. The Labute approximate surface area is 192 Å². The van der Waals surface area contributed by atoms with Crippen LogP contribution in [-0.4, -0.2) is 68.0 Å². The van der Waals surface area contributed by atoms with Gasteiger partial charge in [-0.3, -0.25) is 4.90 Å². The average molecular weight is 520 g/mol. The third-order valence-electron chi connectivity index (χ3n) is 4.85. The minimum absolute atomic E-state index is 0. The number of ether oxygens (including phenoxy) is 2. The smallest absolute Gasteiger partial charge is 0.191 e. The molecule has 3 N–H and O–H groups in total. The lowest BCUT2D eigenvalue weighted by Gasteiger charge is -2.37. The molecule has 0 aliphatic carbocycles. The molecule has 1 saturated heterocycles. The molecule has 1 aromatic rings. The molecular weight excluding hydrogens is 483 g/mol. The lowest BCUT2D eigenvalue weighted by molar-refractivity contribution is 0.00752. The molecule has 0 aromatic heterocycles. The number of nitrogens with one attached hydrogen (secondary N) is 2. The molecule has 1 aliphatic heterocycles. The highest BCUT2D eigenvalue weighted by Gasteiger charge is 2.23. The molecule has 1 aromatic carbocycles. The monoisotopic (exact) mass is 520 g/mol. The molecule has 0 amide bonds. The van der Waals surface area contributed by atoms with Gasteiger partial charge in [-0.25, -0.2) is 4.99 Å². The summed E-state index contributed by atoms with van der Waals surface area (Å²) in [4.78, 5) is 7.20. The van der Waals surface area contributed by atoms with Crippen LogP contribution < -0.4 is 15.4 Å². The zero-order valence-corrected chi connectivity index (χ0v) is 20.4. The second-order valence-electron chi connectivity index (χ2n) is 7.27. The summed E-state index contributed by atoms with van der Waals surface area (Å²) in [5.41, 5.74) is 0.993. The van der Waals surface area contributed by atoms with Crippen molar-refractivity contribution >= 4 is 29.9 Å². The zero-order valence-electron chi connectivity index (χ0n) is 18.1. The largest absolute Gasteiger partial charge is 0.504 e. The molecule has 1 fully saturated rings. The average Bonchev–Trinajstić information content (AvgIpc) is 2.69. The van der Waals surface area contributed by atoms with Crippen LogP contribution in [0.4, 0.5) is 0 Å². The van der Waals surface area contributed by atoms with Gasteiger partial charge in [0.15, 0.2) is 17.5 Å². The van der Waals surface area contributed by atoms with E-state index in [0.717, 1.165) is 50.9 Å². The van der Waals surface area contributed by atoms with E-state index in [9.17, 15) is 5.11 Å². The summed E-state index contributed by atoms with van der Waals surface area (Å²) >= 11 is 0. The van der Waals surface area contributed by atoms with E-state index in [1.165, 1.54) is 0 Å². The first-order valence-corrected chi connectivity index (χ1v) is 10.3. The van der Waals surface area contributed by atoms with Crippen LogP contribution in [0.15, 0.2) is 23.2 Å². The summed E-state index contributed by atoms with van der Waals surface area (Å²) in [6.45, 7) is 14.7. The van der Waals surface area contributed by atoms with Crippen molar-refractivity contribution in [3.8, 4) is 11.5 Å². The number of hydrogen-bond acceptors (Lipinski definition) is 5. The van der Waals surface area contributed by atoms with Crippen molar-refractivity contribution in [3.05, 3.63) is 23.8 Å². The number of aliphatic imine (C=N–C) groups is 1. The highest BCUT2D eigenvalue weighted by molar-refractivity contribution is 14.0. The molecule has 0 spiro atoms. The Hall–Kier alpha value is -1.26. The van der Waals surface area contributed by atoms with Gasteiger partial charge in [-0.1, -0.05) is 19.9 Å². The van der Waals surface area contributed by atoms with Crippen LogP contribution in [0.25, 0.3) is 0 Å². The van der Waals surface area contributed by atoms with Gasteiger partial charge in [-0.15, -0.1) is 24.0 Å². The first kappa shape index (κ1) is 25.8. The number of halogens is 1. The third kappa shape index (κ3) is 8.55. The van der Waals surface area contributed by atoms with Crippen molar-refractivity contribution in [1.29, 1.82) is 0 Å². The standard InChI is InChI=1S/C21H36N4O3.HI/c1-5-22-21(23-14-17-7-8-19(26)20(13-17)28-6-2)24-15-18(16(3)4)25-9-11-27-12-10-25;/h7-8,13,16,18,26H,5-6,9-12,14-15H2,1-4H3,(H2,22,23,24);1H. The van der Waals surface area contributed by atoms with Gasteiger partial charge < -0.3 is 25.2 Å². The fourth-order valence-electron chi connectivity index (χ4n) is 3.34. The van der Waals surface area contributed by atoms with E-state index in [-0.39, 0.29) is 29.7 Å². The van der Waals surface area contributed by atoms with Gasteiger partial charge in [0, 0.05) is 32.2 Å². The quantitative estimate of drug-likeness (QED) is 0.264. The maximum atomic E-state index is 9.85. The molecule has 7 nitrogen and oxygen atoms in total. The maximum absolute atomic E-state index is 9.85. The number of benzene rings is 1. The van der Waals surface area contributed by atoms with Crippen LogP contribution in [0, 0.1) is 5.92 Å². The zero-order chi connectivity index (χ0) is 20.4. The fourth-order valence-corrected chi connectivity index (χ4v) is 3.34. The highest BCUT2D eigenvalue weighted by Crippen LogP contribution is 2.27. The van der Waals surface area contributed by atoms with Crippen LogP contribution in [0.1, 0.15) is 33.3 Å². The number of phenols is 1. The Morgan fingerprint density at radius 2 is 1.97 bits per heavy atom. The topological polar surface area (TPSA) is 78.4 Å². The van der Waals surface area contributed by atoms with Gasteiger partial charge in [-0.2, -0.15) is 0 Å². The van der Waals surface area contributed by atoms with Crippen LogP contribution >= 0.6 is 24.0 Å². The van der Waals surface area contributed by atoms with E-state index in [1.807, 2.05) is 19.1 Å². The number of hydrogen-bond donors (Lipinski definition) is 3. The van der Waals surface area contributed by atoms with E-state index < -0.39 is 0 Å². The van der Waals surface area contributed by atoms with Crippen LogP contribution in [0.2, 0.25) is 0 Å². The van der Waals surface area contributed by atoms with Gasteiger partial charge in [-0.05, 0) is 37.5 Å². The van der Waals surface area contributed by atoms with Gasteiger partial charge in [0.05, 0.1) is 26.4 Å². The van der Waals surface area contributed by atoms with Gasteiger partial charge in [0.25, 0.3) is 0 Å². The Morgan fingerprint density at radius 3 is 2.59 bits per heavy atom. The molecular formula is C21H37IN4O3. The van der Waals surface area contributed by atoms with Crippen molar-refractivity contribution in [2.75, 3.05) is 46.0 Å². The summed E-state index contributed by atoms with van der Waals surface area (Å²) in [5.74, 6) is 2.00. The Bertz CT molecular complexity index is 622. The first-order valence-electron chi connectivity index (χ1n) is 10.3. The highest BCUT2D eigenvalue weighted by atomic mass is 127. The lowest BCUT2D eigenvalue weighted by atomic mass is 10.0. The van der Waals surface area contributed by atoms with Crippen molar-refractivity contribution in [2.45, 2.75) is 40.3 Å². The molecule has 8 heteroatoms. The van der Waals surface area contributed by atoms with Gasteiger partial charge in [0.2, 0.25) is 0 Å². The first-order chi connectivity index (χ1) is 13.5. The predicted octanol–water partition coefficient (Wildman–Crippen LogP) is 2.82. The van der Waals surface area contributed by atoms with Crippen molar-refractivity contribution in [1.82, 2.24) is 15.5 Å². The molecule has 29 heavy (non-hydrogen) atoms. The van der Waals surface area contributed by atoms with Gasteiger partial charge >= 0.3 is 0 Å². The molecule has 0 bridgehead atoms. The second kappa shape index (κ2) is 13.9. The normalized spacial score (nSPS) is 16.2. The Kier molecular flexibility index (Phi) is 12.3. The summed E-state index contributed by atoms with van der Waals surface area (Å²) in [5, 5.41) is 16.7. The van der Waals surface area contributed by atoms with E-state index in [2.05, 4.69) is 36.3 Å². The number of nitrogens with zero attached hydrogens (tertiary/aromatic N) is 2. The minimum atomic E-state index is 0. The maximum Gasteiger partial charge on any atom is 0.191 e.